The minimum atomic E-state index is -1.50. The fourth-order valence-corrected chi connectivity index (χ4v) is 1.74. The number of halogens is 3. The minimum absolute atomic E-state index is 0.191. The van der Waals surface area contributed by atoms with Crippen LogP contribution in [0.1, 0.15) is 17.3 Å². The summed E-state index contributed by atoms with van der Waals surface area (Å²) in [6, 6.07) is 7.78. The molecule has 0 amide bonds. The van der Waals surface area contributed by atoms with Gasteiger partial charge in [-0.3, -0.25) is 0 Å². The molecule has 0 radical (unpaired) electrons. The lowest BCUT2D eigenvalue weighted by Crippen LogP contribution is -2.04. The molecule has 0 N–H and O–H groups in total. The minimum Gasteiger partial charge on any atom is -0.462 e. The van der Waals surface area contributed by atoms with Crippen LogP contribution in [-0.2, 0) is 4.74 Å². The summed E-state index contributed by atoms with van der Waals surface area (Å²) >= 11 is 0. The molecule has 2 nitrogen and oxygen atoms in total. The first-order valence-electron chi connectivity index (χ1n) is 5.95. The number of carbonyl (C=O) groups is 1. The van der Waals surface area contributed by atoms with Gasteiger partial charge in [0.2, 0.25) is 0 Å². The zero-order valence-corrected chi connectivity index (χ0v) is 10.6. The van der Waals surface area contributed by atoms with Crippen molar-refractivity contribution in [2.75, 3.05) is 6.61 Å². The summed E-state index contributed by atoms with van der Waals surface area (Å²) in [7, 11) is 0. The normalized spacial score (nSPS) is 10.4. The van der Waals surface area contributed by atoms with Gasteiger partial charge in [-0.05, 0) is 42.3 Å². The third kappa shape index (κ3) is 2.82. The average molecular weight is 280 g/mol. The summed E-state index contributed by atoms with van der Waals surface area (Å²) in [5.41, 5.74) is 0.992. The number of benzene rings is 2. The molecule has 0 saturated heterocycles. The summed E-state index contributed by atoms with van der Waals surface area (Å²) in [6.07, 6.45) is 0. The Morgan fingerprint density at radius 1 is 1.00 bits per heavy atom. The van der Waals surface area contributed by atoms with Gasteiger partial charge in [-0.15, -0.1) is 0 Å². The summed E-state index contributed by atoms with van der Waals surface area (Å²) < 4.78 is 44.0. The predicted molar refractivity (Wildman–Crippen MR) is 67.7 cm³/mol. The van der Waals surface area contributed by atoms with Crippen LogP contribution < -0.4 is 0 Å². The molecule has 0 bridgehead atoms. The van der Waals surface area contributed by atoms with Crippen LogP contribution in [0.5, 0.6) is 0 Å². The molecule has 0 aromatic heterocycles. The number of hydrogen-bond acceptors (Lipinski definition) is 2. The lowest BCUT2D eigenvalue weighted by molar-refractivity contribution is 0.0526. The molecule has 0 saturated carbocycles. The second kappa shape index (κ2) is 5.77. The maximum Gasteiger partial charge on any atom is 0.338 e. The van der Waals surface area contributed by atoms with Crippen LogP contribution in [0.4, 0.5) is 13.2 Å². The van der Waals surface area contributed by atoms with Crippen molar-refractivity contribution in [3.63, 3.8) is 0 Å². The molecule has 0 aliphatic rings. The number of rotatable bonds is 3. The second-order valence-corrected chi connectivity index (χ2v) is 4.05. The third-order valence-electron chi connectivity index (χ3n) is 2.71. The van der Waals surface area contributed by atoms with Crippen LogP contribution in [0.15, 0.2) is 36.4 Å². The van der Waals surface area contributed by atoms with Crippen molar-refractivity contribution in [2.24, 2.45) is 0 Å². The monoisotopic (exact) mass is 280 g/mol. The first kappa shape index (κ1) is 14.1. The molecule has 2 aromatic rings. The van der Waals surface area contributed by atoms with Gasteiger partial charge in [0.05, 0.1) is 12.2 Å². The number of esters is 1. The highest BCUT2D eigenvalue weighted by atomic mass is 19.2. The van der Waals surface area contributed by atoms with E-state index < -0.39 is 23.4 Å². The van der Waals surface area contributed by atoms with Gasteiger partial charge in [-0.2, -0.15) is 0 Å². The molecule has 0 unspecified atom stereocenters. The van der Waals surface area contributed by atoms with Crippen LogP contribution in [0.2, 0.25) is 0 Å². The van der Waals surface area contributed by atoms with Gasteiger partial charge < -0.3 is 4.74 Å². The van der Waals surface area contributed by atoms with Gasteiger partial charge in [0.1, 0.15) is 0 Å². The van der Waals surface area contributed by atoms with E-state index in [-0.39, 0.29) is 12.2 Å². The van der Waals surface area contributed by atoms with Crippen molar-refractivity contribution in [1.82, 2.24) is 0 Å². The summed E-state index contributed by atoms with van der Waals surface area (Å²) in [5.74, 6) is -4.49. The highest BCUT2D eigenvalue weighted by molar-refractivity contribution is 5.90. The maximum absolute atomic E-state index is 13.1. The molecule has 20 heavy (non-hydrogen) atoms. The molecule has 5 heteroatoms. The molecular weight excluding hydrogens is 269 g/mol. The van der Waals surface area contributed by atoms with E-state index in [1.807, 2.05) is 0 Å². The molecule has 104 valence electrons. The van der Waals surface area contributed by atoms with Gasteiger partial charge in [0, 0.05) is 0 Å². The van der Waals surface area contributed by atoms with Crippen molar-refractivity contribution in [2.45, 2.75) is 6.92 Å². The molecule has 0 heterocycles. The number of hydrogen-bond donors (Lipinski definition) is 0. The van der Waals surface area contributed by atoms with E-state index in [2.05, 4.69) is 0 Å². The average Bonchev–Trinajstić information content (AvgIpc) is 2.44. The van der Waals surface area contributed by atoms with Crippen LogP contribution in [-0.4, -0.2) is 12.6 Å². The maximum atomic E-state index is 13.1. The van der Waals surface area contributed by atoms with E-state index in [9.17, 15) is 18.0 Å². The third-order valence-corrected chi connectivity index (χ3v) is 2.71. The second-order valence-electron chi connectivity index (χ2n) is 4.05. The van der Waals surface area contributed by atoms with Crippen LogP contribution >= 0.6 is 0 Å². The fourth-order valence-electron chi connectivity index (χ4n) is 1.74. The number of ether oxygens (including phenoxy) is 1. The highest BCUT2D eigenvalue weighted by Gasteiger charge is 2.12. The summed E-state index contributed by atoms with van der Waals surface area (Å²) in [5, 5.41) is 0. The summed E-state index contributed by atoms with van der Waals surface area (Å²) in [6.45, 7) is 1.95. The Hall–Kier alpha value is -2.30. The summed E-state index contributed by atoms with van der Waals surface area (Å²) in [4.78, 5) is 11.5. The first-order chi connectivity index (χ1) is 9.52. The van der Waals surface area contributed by atoms with Crippen molar-refractivity contribution in [3.8, 4) is 11.1 Å². The molecule has 2 aromatic carbocycles. The van der Waals surface area contributed by atoms with Gasteiger partial charge in [-0.1, -0.05) is 12.1 Å². The number of carbonyl (C=O) groups excluding carboxylic acids is 1. The topological polar surface area (TPSA) is 26.3 Å². The van der Waals surface area contributed by atoms with Crippen molar-refractivity contribution in [3.05, 3.63) is 59.4 Å². The molecular formula is C15H11F3O2. The van der Waals surface area contributed by atoms with Gasteiger partial charge in [0.25, 0.3) is 0 Å². The Balaban J connectivity index is 2.33. The van der Waals surface area contributed by atoms with E-state index in [1.54, 1.807) is 6.92 Å². The molecule has 2 rings (SSSR count). The van der Waals surface area contributed by atoms with Crippen molar-refractivity contribution >= 4 is 5.97 Å². The first-order valence-corrected chi connectivity index (χ1v) is 5.95. The van der Waals surface area contributed by atoms with Gasteiger partial charge >= 0.3 is 5.97 Å². The van der Waals surface area contributed by atoms with E-state index >= 15 is 0 Å². The lowest BCUT2D eigenvalue weighted by Gasteiger charge is -2.05. The molecule has 0 atom stereocenters. The SMILES string of the molecule is CCOC(=O)c1ccc(-c2cc(F)c(F)c(F)c2)cc1. The fraction of sp³-hybridized carbons (Fsp3) is 0.133. The zero-order chi connectivity index (χ0) is 14.7. The van der Waals surface area contributed by atoms with E-state index in [1.165, 1.54) is 24.3 Å². The van der Waals surface area contributed by atoms with Gasteiger partial charge in [0.15, 0.2) is 17.5 Å². The van der Waals surface area contributed by atoms with E-state index in [0.29, 0.717) is 11.1 Å². The Morgan fingerprint density at radius 3 is 2.05 bits per heavy atom. The van der Waals surface area contributed by atoms with Crippen LogP contribution in [0.3, 0.4) is 0 Å². The van der Waals surface area contributed by atoms with E-state index in [4.69, 9.17) is 4.74 Å². The van der Waals surface area contributed by atoms with E-state index in [0.717, 1.165) is 12.1 Å². The van der Waals surface area contributed by atoms with Crippen molar-refractivity contribution in [1.29, 1.82) is 0 Å². The Morgan fingerprint density at radius 2 is 1.55 bits per heavy atom. The Labute approximate surface area is 113 Å². The van der Waals surface area contributed by atoms with Crippen LogP contribution in [0.25, 0.3) is 11.1 Å². The highest BCUT2D eigenvalue weighted by Crippen LogP contribution is 2.24. The Bertz CT molecular complexity index is 613. The largest absolute Gasteiger partial charge is 0.462 e. The molecule has 0 aliphatic heterocycles. The Kier molecular flexibility index (Phi) is 4.08. The molecule has 0 aliphatic carbocycles. The quantitative estimate of drug-likeness (QED) is 0.628. The smallest absolute Gasteiger partial charge is 0.338 e. The van der Waals surface area contributed by atoms with Crippen LogP contribution in [0, 0.1) is 17.5 Å². The molecule has 0 spiro atoms. The standard InChI is InChI=1S/C15H11F3O2/c1-2-20-15(19)10-5-3-9(4-6-10)11-7-12(16)14(18)13(17)8-11/h3-8H,2H2,1H3. The predicted octanol–water partition coefficient (Wildman–Crippen LogP) is 3.95. The van der Waals surface area contributed by atoms with Crippen molar-refractivity contribution < 1.29 is 22.7 Å². The zero-order valence-electron chi connectivity index (χ0n) is 10.6. The lowest BCUT2D eigenvalue weighted by atomic mass is 10.0. The van der Waals surface area contributed by atoms with Gasteiger partial charge in [-0.25, -0.2) is 18.0 Å². The molecule has 0 fully saturated rings.